The molecule has 186 valence electrons. The highest BCUT2D eigenvalue weighted by Gasteiger charge is 2.60. The van der Waals surface area contributed by atoms with E-state index >= 15 is 0 Å². The Morgan fingerprint density at radius 1 is 1.23 bits per heavy atom. The molecule has 4 rings (SSSR count). The topological polar surface area (TPSA) is 122 Å². The second-order valence-electron chi connectivity index (χ2n) is 9.61. The molecule has 9 heteroatoms. The van der Waals surface area contributed by atoms with Crippen LogP contribution < -0.4 is 10.4 Å². The van der Waals surface area contributed by atoms with E-state index in [0.29, 0.717) is 18.4 Å². The molecule has 0 amide bonds. The number of carbonyl (C=O) groups excluding carboxylic acids is 3. The molecule has 0 bridgehead atoms. The average molecular weight is 484 g/mol. The number of fused-ring (bicyclic) bond motifs is 2. The molecule has 1 aliphatic heterocycles. The molecule has 2 aromatic heterocycles. The maximum Gasteiger partial charge on any atom is 0.351 e. The summed E-state index contributed by atoms with van der Waals surface area (Å²) in [5.41, 5.74) is -2.54. The molecule has 35 heavy (non-hydrogen) atoms. The number of ketones is 1. The number of carbonyl (C=O) groups is 3. The van der Waals surface area contributed by atoms with Crippen LogP contribution in [-0.2, 0) is 19.1 Å². The van der Waals surface area contributed by atoms with E-state index in [9.17, 15) is 19.2 Å². The Balaban J connectivity index is 1.80. The van der Waals surface area contributed by atoms with Crippen LogP contribution in [-0.4, -0.2) is 40.0 Å². The molecule has 9 nitrogen and oxygen atoms in total. The maximum absolute atomic E-state index is 13.7. The van der Waals surface area contributed by atoms with Crippen molar-refractivity contribution in [2.75, 3.05) is 0 Å². The number of hydrogen-bond acceptors (Lipinski definition) is 9. The Morgan fingerprint density at radius 2 is 1.97 bits per heavy atom. The van der Waals surface area contributed by atoms with Crippen LogP contribution in [0.4, 0.5) is 0 Å². The van der Waals surface area contributed by atoms with Crippen LogP contribution in [0.3, 0.4) is 0 Å². The summed E-state index contributed by atoms with van der Waals surface area (Å²) in [6, 6.07) is 4.92. The largest absolute Gasteiger partial charge is 0.482 e. The second kappa shape index (κ2) is 8.94. The lowest BCUT2D eigenvalue weighted by Crippen LogP contribution is -2.63. The highest BCUT2D eigenvalue weighted by Crippen LogP contribution is 2.51. The van der Waals surface area contributed by atoms with Gasteiger partial charge in [-0.3, -0.25) is 19.4 Å². The second-order valence-corrected chi connectivity index (χ2v) is 9.61. The predicted molar refractivity (Wildman–Crippen MR) is 124 cm³/mol. The average Bonchev–Trinajstić information content (AvgIpc) is 2.79. The van der Waals surface area contributed by atoms with Crippen molar-refractivity contribution >= 4 is 17.7 Å². The third-order valence-corrected chi connectivity index (χ3v) is 7.35. The van der Waals surface area contributed by atoms with Crippen LogP contribution in [0.2, 0.25) is 0 Å². The fourth-order valence-electron chi connectivity index (χ4n) is 5.31. The lowest BCUT2D eigenvalue weighted by atomic mass is 9.62. The summed E-state index contributed by atoms with van der Waals surface area (Å²) in [6.45, 7) is 8.04. The molecule has 1 fully saturated rings. The molecular formula is C26H29NO8. The molecule has 2 aliphatic rings. The first-order valence-corrected chi connectivity index (χ1v) is 11.7. The minimum atomic E-state index is -1.23. The molecule has 0 N–H and O–H groups in total. The summed E-state index contributed by atoms with van der Waals surface area (Å²) in [6.07, 6.45) is 3.42. The van der Waals surface area contributed by atoms with E-state index in [1.54, 1.807) is 25.3 Å². The van der Waals surface area contributed by atoms with Gasteiger partial charge < -0.3 is 18.6 Å². The van der Waals surface area contributed by atoms with Gasteiger partial charge in [0.05, 0.1) is 5.92 Å². The van der Waals surface area contributed by atoms with Crippen LogP contribution in [0.25, 0.3) is 11.3 Å². The standard InChI is InChI=1S/C26H29NO8/c1-6-25(4,34-15(3)29)17-10-18-23(30)22-20(35-26(18,5)21(11-17)32-14(2)28)12-19(33-24(22)31)16-8-7-9-27-13-16/h7-9,12-13,17-18,21H,6,10-11H2,1-5H3/t17-,18-,21-,25+,26-/m0/s1. The van der Waals surface area contributed by atoms with Crippen LogP contribution in [0.15, 0.2) is 39.8 Å². The molecule has 0 saturated heterocycles. The van der Waals surface area contributed by atoms with E-state index < -0.39 is 46.6 Å². The lowest BCUT2D eigenvalue weighted by Gasteiger charge is -2.52. The van der Waals surface area contributed by atoms with E-state index in [-0.39, 0.29) is 29.4 Å². The summed E-state index contributed by atoms with van der Waals surface area (Å²) in [5.74, 6) is -2.23. The Kier molecular flexibility index (Phi) is 6.29. The number of nitrogens with zero attached hydrogens (tertiary/aromatic N) is 1. The summed E-state index contributed by atoms with van der Waals surface area (Å²) in [7, 11) is 0. The number of Topliss-reactive ketones (excluding diaryl/α,β-unsaturated/α-hetero) is 1. The van der Waals surface area contributed by atoms with Gasteiger partial charge in [-0.25, -0.2) is 4.79 Å². The van der Waals surface area contributed by atoms with Crippen molar-refractivity contribution in [2.45, 2.75) is 71.2 Å². The van der Waals surface area contributed by atoms with Crippen LogP contribution in [0, 0.1) is 11.8 Å². The van der Waals surface area contributed by atoms with E-state index in [0.717, 1.165) is 0 Å². The predicted octanol–water partition coefficient (Wildman–Crippen LogP) is 3.73. The van der Waals surface area contributed by atoms with Crippen molar-refractivity contribution in [1.29, 1.82) is 0 Å². The van der Waals surface area contributed by atoms with Gasteiger partial charge >= 0.3 is 17.6 Å². The molecule has 0 unspecified atom stereocenters. The van der Waals surface area contributed by atoms with Gasteiger partial charge in [-0.2, -0.15) is 0 Å². The van der Waals surface area contributed by atoms with Crippen LogP contribution in [0.5, 0.6) is 5.75 Å². The molecule has 0 aromatic carbocycles. The van der Waals surface area contributed by atoms with Crippen LogP contribution in [0.1, 0.15) is 64.2 Å². The van der Waals surface area contributed by atoms with Crippen molar-refractivity contribution in [1.82, 2.24) is 4.98 Å². The maximum atomic E-state index is 13.7. The van der Waals surface area contributed by atoms with Gasteiger partial charge in [0.25, 0.3) is 0 Å². The highest BCUT2D eigenvalue weighted by atomic mass is 16.6. The number of ether oxygens (including phenoxy) is 3. The molecule has 5 atom stereocenters. The van der Waals surface area contributed by atoms with Gasteiger partial charge in [0, 0.05) is 43.8 Å². The minimum Gasteiger partial charge on any atom is -0.482 e. The van der Waals surface area contributed by atoms with E-state index in [2.05, 4.69) is 4.98 Å². The fraction of sp³-hybridized carbons (Fsp3) is 0.500. The van der Waals surface area contributed by atoms with Gasteiger partial charge in [0.1, 0.15) is 28.8 Å². The third kappa shape index (κ3) is 4.35. The van der Waals surface area contributed by atoms with Crippen molar-refractivity contribution in [3.8, 4) is 17.1 Å². The van der Waals surface area contributed by atoms with Gasteiger partial charge in [0.15, 0.2) is 11.4 Å². The Labute approximate surface area is 202 Å². The Bertz CT molecular complexity index is 1220. The zero-order chi connectivity index (χ0) is 25.5. The summed E-state index contributed by atoms with van der Waals surface area (Å²) >= 11 is 0. The first-order chi connectivity index (χ1) is 16.5. The number of hydrogen-bond donors (Lipinski definition) is 0. The zero-order valence-corrected chi connectivity index (χ0v) is 20.5. The molecule has 0 radical (unpaired) electrons. The Hall–Kier alpha value is -3.49. The Morgan fingerprint density at radius 3 is 2.57 bits per heavy atom. The van der Waals surface area contributed by atoms with Crippen molar-refractivity contribution in [3.05, 3.63) is 46.6 Å². The normalized spacial score (nSPS) is 27.0. The molecule has 3 heterocycles. The van der Waals surface area contributed by atoms with Crippen molar-refractivity contribution in [3.63, 3.8) is 0 Å². The fourth-order valence-corrected chi connectivity index (χ4v) is 5.31. The molecule has 1 aliphatic carbocycles. The molecular weight excluding hydrogens is 454 g/mol. The van der Waals surface area contributed by atoms with Gasteiger partial charge in [0.2, 0.25) is 0 Å². The first kappa shape index (κ1) is 24.6. The summed E-state index contributed by atoms with van der Waals surface area (Å²) in [4.78, 5) is 54.6. The third-order valence-electron chi connectivity index (χ3n) is 7.35. The van der Waals surface area contributed by atoms with E-state index in [1.165, 1.54) is 26.1 Å². The summed E-state index contributed by atoms with van der Waals surface area (Å²) < 4.78 is 23.1. The number of rotatable bonds is 5. The lowest BCUT2D eigenvalue weighted by molar-refractivity contribution is -0.190. The highest BCUT2D eigenvalue weighted by molar-refractivity contribution is 6.02. The van der Waals surface area contributed by atoms with E-state index in [4.69, 9.17) is 18.6 Å². The van der Waals surface area contributed by atoms with Crippen molar-refractivity contribution in [2.24, 2.45) is 11.8 Å². The van der Waals surface area contributed by atoms with Gasteiger partial charge in [-0.1, -0.05) is 6.92 Å². The number of pyridine rings is 1. The number of aromatic nitrogens is 1. The molecule has 2 aromatic rings. The van der Waals surface area contributed by atoms with Crippen molar-refractivity contribution < 1.29 is 33.0 Å². The quantitative estimate of drug-likeness (QED) is 0.586. The minimum absolute atomic E-state index is 0.0812. The smallest absolute Gasteiger partial charge is 0.351 e. The van der Waals surface area contributed by atoms with Crippen LogP contribution >= 0.6 is 0 Å². The summed E-state index contributed by atoms with van der Waals surface area (Å²) in [5, 5.41) is 0. The molecule has 1 saturated carbocycles. The van der Waals surface area contributed by atoms with Gasteiger partial charge in [-0.15, -0.1) is 0 Å². The monoisotopic (exact) mass is 483 g/mol. The number of esters is 2. The van der Waals surface area contributed by atoms with E-state index in [1.807, 2.05) is 13.8 Å². The molecule has 0 spiro atoms. The van der Waals surface area contributed by atoms with Gasteiger partial charge in [-0.05, 0) is 45.2 Å². The zero-order valence-electron chi connectivity index (χ0n) is 20.5. The first-order valence-electron chi connectivity index (χ1n) is 11.7. The SMILES string of the molecule is CC[C@@](C)(OC(C)=O)[C@@H]1C[C@H](OC(C)=O)[C@@]2(C)Oc3cc(-c4cccnc4)oc(=O)c3C(=O)[C@@H]2C1.